The van der Waals surface area contributed by atoms with Crippen molar-refractivity contribution in [3.8, 4) is 0 Å². The molecular weight excluding hydrogens is 408 g/mol. The standard InChI is InChI=1S/C29H38N2O2/c1-29(2,3)33-28(32)30-24-17-23(18-24)22-11-10-21-12-13-27(31-14-7-15-31)26(25(21)19-22)16-20-8-5-4-6-9-20/h4-6,8-11,19,23-24,26-27H,7,12-18H2,1-3H3,(H,30,32)/t23-,24-,26-,27+/m1/s1. The largest absolute Gasteiger partial charge is 0.444 e. The van der Waals surface area contributed by atoms with Crippen molar-refractivity contribution >= 4 is 6.09 Å². The molecule has 4 heteroatoms. The van der Waals surface area contributed by atoms with E-state index in [1.165, 1.54) is 43.5 Å². The monoisotopic (exact) mass is 446 g/mol. The molecule has 5 rings (SSSR count). The summed E-state index contributed by atoms with van der Waals surface area (Å²) in [7, 11) is 0. The Morgan fingerprint density at radius 3 is 2.52 bits per heavy atom. The maximum absolute atomic E-state index is 12.1. The molecule has 2 aromatic carbocycles. The minimum absolute atomic E-state index is 0.217. The van der Waals surface area contributed by atoms with Crippen molar-refractivity contribution in [2.75, 3.05) is 13.1 Å². The molecule has 2 fully saturated rings. The lowest BCUT2D eigenvalue weighted by Gasteiger charge is -2.46. The Labute approximate surface area is 198 Å². The Morgan fingerprint density at radius 1 is 1.09 bits per heavy atom. The molecule has 33 heavy (non-hydrogen) atoms. The van der Waals surface area contributed by atoms with Gasteiger partial charge in [-0.2, -0.15) is 0 Å². The molecule has 0 spiro atoms. The Morgan fingerprint density at radius 2 is 1.85 bits per heavy atom. The van der Waals surface area contributed by atoms with Crippen LogP contribution in [0.15, 0.2) is 48.5 Å². The summed E-state index contributed by atoms with van der Waals surface area (Å²) in [4.78, 5) is 14.8. The summed E-state index contributed by atoms with van der Waals surface area (Å²) in [6, 6.07) is 19.1. The number of ether oxygens (including phenoxy) is 1. The number of nitrogens with one attached hydrogen (secondary N) is 1. The van der Waals surface area contributed by atoms with Gasteiger partial charge in [-0.05, 0) is 101 Å². The lowest BCUT2D eigenvalue weighted by atomic mass is 9.71. The van der Waals surface area contributed by atoms with Crippen molar-refractivity contribution in [3.05, 3.63) is 70.8 Å². The number of rotatable bonds is 5. The SMILES string of the molecule is CC(C)(C)OC(=O)N[C@H]1C[C@H](c2ccc3c(c2)[C@@H](Cc2ccccc2)[C@@H](N2CCC2)CC3)C1. The van der Waals surface area contributed by atoms with Gasteiger partial charge in [0.1, 0.15) is 5.60 Å². The number of amides is 1. The topological polar surface area (TPSA) is 41.6 Å². The number of alkyl carbamates (subject to hydrolysis) is 1. The molecule has 0 aromatic heterocycles. The van der Waals surface area contributed by atoms with Crippen LogP contribution in [0.3, 0.4) is 0 Å². The summed E-state index contributed by atoms with van der Waals surface area (Å²) < 4.78 is 5.43. The molecule has 2 atom stereocenters. The van der Waals surface area contributed by atoms with Crippen molar-refractivity contribution in [1.82, 2.24) is 10.2 Å². The second kappa shape index (κ2) is 9.13. The van der Waals surface area contributed by atoms with E-state index in [9.17, 15) is 4.79 Å². The van der Waals surface area contributed by atoms with E-state index in [0.29, 0.717) is 17.9 Å². The predicted octanol–water partition coefficient (Wildman–Crippen LogP) is 5.80. The third-order valence-corrected chi connectivity index (χ3v) is 7.73. The van der Waals surface area contributed by atoms with Crippen LogP contribution in [0.25, 0.3) is 0 Å². The second-order valence-electron chi connectivity index (χ2n) is 11.3. The summed E-state index contributed by atoms with van der Waals surface area (Å²) >= 11 is 0. The highest BCUT2D eigenvalue weighted by Crippen LogP contribution is 2.43. The first-order valence-corrected chi connectivity index (χ1v) is 12.8. The van der Waals surface area contributed by atoms with E-state index < -0.39 is 5.60 Å². The summed E-state index contributed by atoms with van der Waals surface area (Å²) in [5.74, 6) is 1.09. The third-order valence-electron chi connectivity index (χ3n) is 7.73. The molecule has 3 aliphatic rings. The van der Waals surface area contributed by atoms with Crippen LogP contribution < -0.4 is 5.32 Å². The Bertz CT molecular complexity index is 971. The van der Waals surface area contributed by atoms with E-state index in [1.54, 1.807) is 11.1 Å². The van der Waals surface area contributed by atoms with Crippen LogP contribution in [-0.4, -0.2) is 41.8 Å². The Hall–Kier alpha value is -2.33. The molecule has 1 amide bonds. The second-order valence-corrected chi connectivity index (χ2v) is 11.3. The van der Waals surface area contributed by atoms with Crippen LogP contribution in [0.5, 0.6) is 0 Å². The number of nitrogens with zero attached hydrogens (tertiary/aromatic N) is 1. The molecule has 1 saturated carbocycles. The van der Waals surface area contributed by atoms with E-state index in [0.717, 1.165) is 19.3 Å². The summed E-state index contributed by atoms with van der Waals surface area (Å²) in [6.07, 6.45) is 6.62. The minimum Gasteiger partial charge on any atom is -0.444 e. The molecule has 0 unspecified atom stereocenters. The van der Waals surface area contributed by atoms with Crippen LogP contribution in [0.1, 0.15) is 80.5 Å². The van der Waals surface area contributed by atoms with Gasteiger partial charge in [-0.1, -0.05) is 48.5 Å². The molecule has 2 aromatic rings. The number of hydrogen-bond acceptors (Lipinski definition) is 3. The van der Waals surface area contributed by atoms with Crippen molar-refractivity contribution in [1.29, 1.82) is 0 Å². The molecule has 1 aliphatic heterocycles. The van der Waals surface area contributed by atoms with Crippen molar-refractivity contribution in [2.45, 2.75) is 88.8 Å². The fraction of sp³-hybridized carbons (Fsp3) is 0.552. The number of hydrogen-bond donors (Lipinski definition) is 1. The minimum atomic E-state index is -0.452. The number of benzene rings is 2. The average molecular weight is 447 g/mol. The van der Waals surface area contributed by atoms with E-state index >= 15 is 0 Å². The van der Waals surface area contributed by atoms with Gasteiger partial charge in [-0.3, -0.25) is 4.90 Å². The van der Waals surface area contributed by atoms with Gasteiger partial charge >= 0.3 is 6.09 Å². The van der Waals surface area contributed by atoms with Crippen LogP contribution in [0.2, 0.25) is 0 Å². The van der Waals surface area contributed by atoms with Crippen LogP contribution >= 0.6 is 0 Å². The molecule has 2 aliphatic carbocycles. The normalized spacial score (nSPS) is 27.1. The number of carbonyl (C=O) groups is 1. The lowest BCUT2D eigenvalue weighted by Crippen LogP contribution is -2.50. The average Bonchev–Trinajstić information content (AvgIpc) is 2.70. The Balaban J connectivity index is 1.30. The summed E-state index contributed by atoms with van der Waals surface area (Å²) in [5, 5.41) is 3.05. The van der Waals surface area contributed by atoms with Gasteiger partial charge in [0.05, 0.1) is 0 Å². The van der Waals surface area contributed by atoms with Gasteiger partial charge in [0.25, 0.3) is 0 Å². The van der Waals surface area contributed by atoms with Crippen molar-refractivity contribution in [3.63, 3.8) is 0 Å². The zero-order valence-corrected chi connectivity index (χ0v) is 20.3. The number of carbonyl (C=O) groups excluding carboxylic acids is 1. The highest BCUT2D eigenvalue weighted by atomic mass is 16.6. The van der Waals surface area contributed by atoms with Gasteiger partial charge in [0, 0.05) is 18.0 Å². The molecule has 176 valence electrons. The smallest absolute Gasteiger partial charge is 0.407 e. The van der Waals surface area contributed by atoms with E-state index in [2.05, 4.69) is 58.7 Å². The van der Waals surface area contributed by atoms with Crippen LogP contribution in [0.4, 0.5) is 4.79 Å². The third kappa shape index (κ3) is 5.11. The van der Waals surface area contributed by atoms with Gasteiger partial charge in [-0.15, -0.1) is 0 Å². The van der Waals surface area contributed by atoms with Gasteiger partial charge in [0.15, 0.2) is 0 Å². The first-order valence-electron chi connectivity index (χ1n) is 12.8. The van der Waals surface area contributed by atoms with Crippen LogP contribution in [-0.2, 0) is 17.6 Å². The van der Waals surface area contributed by atoms with Gasteiger partial charge < -0.3 is 10.1 Å². The molecule has 4 nitrogen and oxygen atoms in total. The first kappa shape index (κ1) is 22.5. The molecule has 1 heterocycles. The highest BCUT2D eigenvalue weighted by Gasteiger charge is 2.37. The maximum atomic E-state index is 12.1. The van der Waals surface area contributed by atoms with Gasteiger partial charge in [0.2, 0.25) is 0 Å². The fourth-order valence-corrected chi connectivity index (χ4v) is 5.86. The first-order chi connectivity index (χ1) is 15.9. The number of aryl methyl sites for hydroxylation is 1. The molecule has 0 bridgehead atoms. The van der Waals surface area contributed by atoms with E-state index in [1.807, 2.05) is 20.8 Å². The van der Waals surface area contributed by atoms with Crippen LogP contribution in [0, 0.1) is 0 Å². The molecule has 1 saturated heterocycles. The molecule has 1 N–H and O–H groups in total. The molecule has 0 radical (unpaired) electrons. The van der Waals surface area contributed by atoms with Crippen molar-refractivity contribution < 1.29 is 9.53 Å². The fourth-order valence-electron chi connectivity index (χ4n) is 5.86. The predicted molar refractivity (Wildman–Crippen MR) is 133 cm³/mol. The van der Waals surface area contributed by atoms with E-state index in [-0.39, 0.29) is 12.1 Å². The quantitative estimate of drug-likeness (QED) is 0.631. The number of likely N-dealkylation sites (tertiary alicyclic amines) is 1. The Kier molecular flexibility index (Phi) is 6.22. The maximum Gasteiger partial charge on any atom is 0.407 e. The summed E-state index contributed by atoms with van der Waals surface area (Å²) in [5.41, 5.74) is 5.55. The highest BCUT2D eigenvalue weighted by molar-refractivity contribution is 5.68. The van der Waals surface area contributed by atoms with E-state index in [4.69, 9.17) is 4.74 Å². The lowest BCUT2D eigenvalue weighted by molar-refractivity contribution is 0.0471. The zero-order valence-electron chi connectivity index (χ0n) is 20.3. The molecular formula is C29H38N2O2. The van der Waals surface area contributed by atoms with Crippen molar-refractivity contribution in [2.24, 2.45) is 0 Å². The number of fused-ring (bicyclic) bond motifs is 1. The zero-order chi connectivity index (χ0) is 23.0. The van der Waals surface area contributed by atoms with Gasteiger partial charge in [-0.25, -0.2) is 4.79 Å². The summed E-state index contributed by atoms with van der Waals surface area (Å²) in [6.45, 7) is 8.23.